The zero-order chi connectivity index (χ0) is 16.2. The number of allylic oxidation sites excluding steroid dienone is 2. The summed E-state index contributed by atoms with van der Waals surface area (Å²) in [6.45, 7) is 2.06. The van der Waals surface area contributed by atoms with Gasteiger partial charge in [0.15, 0.2) is 5.78 Å². The summed E-state index contributed by atoms with van der Waals surface area (Å²) >= 11 is 0. The molecular formula is C21H20O2. The molecule has 1 saturated carbocycles. The molecule has 1 fully saturated rings. The molecule has 0 bridgehead atoms. The van der Waals surface area contributed by atoms with Crippen LogP contribution in [0, 0.1) is 6.92 Å². The number of hydrogen-bond donors (Lipinski definition) is 1. The topological polar surface area (TPSA) is 37.3 Å². The molecule has 2 heteroatoms. The van der Waals surface area contributed by atoms with Crippen LogP contribution >= 0.6 is 0 Å². The van der Waals surface area contributed by atoms with Gasteiger partial charge in [0.2, 0.25) is 0 Å². The van der Waals surface area contributed by atoms with E-state index in [1.807, 2.05) is 36.4 Å². The molecule has 2 aromatic carbocycles. The number of carbonyl (C=O) groups is 1. The summed E-state index contributed by atoms with van der Waals surface area (Å²) in [6, 6.07) is 15.2. The maximum atomic E-state index is 12.7. The van der Waals surface area contributed by atoms with Crippen molar-refractivity contribution in [2.45, 2.75) is 26.2 Å². The third kappa shape index (κ3) is 3.78. The number of phenols is 1. The molecule has 0 amide bonds. The fourth-order valence-corrected chi connectivity index (χ4v) is 2.81. The highest BCUT2D eigenvalue weighted by Gasteiger charge is 2.20. The zero-order valence-electron chi connectivity index (χ0n) is 13.3. The van der Waals surface area contributed by atoms with Crippen LogP contribution in [0.1, 0.15) is 36.0 Å². The first-order chi connectivity index (χ1) is 11.1. The first-order valence-corrected chi connectivity index (χ1v) is 7.93. The van der Waals surface area contributed by atoms with Crippen molar-refractivity contribution in [3.63, 3.8) is 0 Å². The van der Waals surface area contributed by atoms with Crippen LogP contribution in [-0.4, -0.2) is 10.9 Å². The fraction of sp³-hybridized carbons (Fsp3) is 0.190. The first-order valence-electron chi connectivity index (χ1n) is 7.93. The summed E-state index contributed by atoms with van der Waals surface area (Å²) in [5.41, 5.74) is 4.97. The molecular weight excluding hydrogens is 284 g/mol. The van der Waals surface area contributed by atoms with Crippen molar-refractivity contribution in [3.05, 3.63) is 76.4 Å². The van der Waals surface area contributed by atoms with Crippen molar-refractivity contribution in [3.8, 4) is 5.75 Å². The standard InChI is InChI=1S/C21H20O2/c1-15-5-7-16(8-6-15)13-18-3-2-4-19(21(18)23)14-17-9-11-20(22)12-10-17/h5-14,22H,2-4H2,1H3/b18-13+,19-14+. The predicted molar refractivity (Wildman–Crippen MR) is 94.1 cm³/mol. The average molecular weight is 304 g/mol. The SMILES string of the molecule is Cc1ccc(/C=C2\CCC/C(=C\c3ccc(O)cc3)C2=O)cc1. The van der Waals surface area contributed by atoms with Gasteiger partial charge in [-0.2, -0.15) is 0 Å². The van der Waals surface area contributed by atoms with Gasteiger partial charge in [-0.05, 0) is 61.6 Å². The Kier molecular flexibility index (Phi) is 4.42. The van der Waals surface area contributed by atoms with E-state index in [1.165, 1.54) is 5.56 Å². The number of ketones is 1. The normalized spacial score (nSPS) is 18.6. The van der Waals surface area contributed by atoms with Crippen LogP contribution in [0.15, 0.2) is 59.7 Å². The van der Waals surface area contributed by atoms with E-state index < -0.39 is 0 Å². The van der Waals surface area contributed by atoms with E-state index in [0.717, 1.165) is 41.5 Å². The molecule has 1 aliphatic carbocycles. The second kappa shape index (κ2) is 6.66. The Balaban J connectivity index is 1.86. The molecule has 0 spiro atoms. The van der Waals surface area contributed by atoms with Gasteiger partial charge in [0, 0.05) is 11.1 Å². The number of hydrogen-bond acceptors (Lipinski definition) is 2. The maximum absolute atomic E-state index is 12.7. The van der Waals surface area contributed by atoms with Crippen LogP contribution in [-0.2, 0) is 4.79 Å². The summed E-state index contributed by atoms with van der Waals surface area (Å²) < 4.78 is 0. The van der Waals surface area contributed by atoms with E-state index in [1.54, 1.807) is 12.1 Å². The number of aryl methyl sites for hydroxylation is 1. The van der Waals surface area contributed by atoms with Crippen molar-refractivity contribution in [2.75, 3.05) is 0 Å². The molecule has 23 heavy (non-hydrogen) atoms. The lowest BCUT2D eigenvalue weighted by Crippen LogP contribution is -2.12. The summed E-state index contributed by atoms with van der Waals surface area (Å²) in [4.78, 5) is 12.7. The van der Waals surface area contributed by atoms with Crippen LogP contribution < -0.4 is 0 Å². The van der Waals surface area contributed by atoms with Crippen molar-refractivity contribution >= 4 is 17.9 Å². The van der Waals surface area contributed by atoms with Gasteiger partial charge in [0.25, 0.3) is 0 Å². The third-order valence-corrected chi connectivity index (χ3v) is 4.13. The summed E-state index contributed by atoms with van der Waals surface area (Å²) in [5.74, 6) is 0.381. The zero-order valence-corrected chi connectivity index (χ0v) is 13.3. The number of aromatic hydroxyl groups is 1. The van der Waals surface area contributed by atoms with E-state index in [4.69, 9.17) is 0 Å². The largest absolute Gasteiger partial charge is 0.508 e. The Labute approximate surface area is 136 Å². The van der Waals surface area contributed by atoms with Gasteiger partial charge in [-0.25, -0.2) is 0 Å². The number of Topliss-reactive ketones (excluding diaryl/α,β-unsaturated/α-hetero) is 1. The van der Waals surface area contributed by atoms with Gasteiger partial charge < -0.3 is 5.11 Å². The van der Waals surface area contributed by atoms with E-state index in [9.17, 15) is 9.90 Å². The molecule has 0 aliphatic heterocycles. The molecule has 0 radical (unpaired) electrons. The molecule has 0 saturated heterocycles. The molecule has 1 N–H and O–H groups in total. The molecule has 0 unspecified atom stereocenters. The highest BCUT2D eigenvalue weighted by atomic mass is 16.3. The molecule has 0 atom stereocenters. The highest BCUT2D eigenvalue weighted by Crippen LogP contribution is 2.28. The van der Waals surface area contributed by atoms with Gasteiger partial charge in [-0.15, -0.1) is 0 Å². The average Bonchev–Trinajstić information content (AvgIpc) is 2.55. The summed E-state index contributed by atoms with van der Waals surface area (Å²) in [5, 5.41) is 9.34. The second-order valence-corrected chi connectivity index (χ2v) is 6.02. The first kappa shape index (κ1) is 15.3. The molecule has 0 heterocycles. The minimum Gasteiger partial charge on any atom is -0.508 e. The second-order valence-electron chi connectivity index (χ2n) is 6.02. The quantitative estimate of drug-likeness (QED) is 0.799. The van der Waals surface area contributed by atoms with Gasteiger partial charge in [-0.3, -0.25) is 4.79 Å². The van der Waals surface area contributed by atoms with Gasteiger partial charge >= 0.3 is 0 Å². The highest BCUT2D eigenvalue weighted by molar-refractivity contribution is 6.13. The van der Waals surface area contributed by atoms with Crippen LogP contribution in [0.3, 0.4) is 0 Å². The van der Waals surface area contributed by atoms with E-state index in [0.29, 0.717) is 0 Å². The Hall–Kier alpha value is -2.61. The van der Waals surface area contributed by atoms with E-state index in [2.05, 4.69) is 19.1 Å². The van der Waals surface area contributed by atoms with Crippen LogP contribution in [0.5, 0.6) is 5.75 Å². The van der Waals surface area contributed by atoms with Crippen LogP contribution in [0.2, 0.25) is 0 Å². The minimum absolute atomic E-state index is 0.143. The van der Waals surface area contributed by atoms with Gasteiger partial charge in [0.1, 0.15) is 5.75 Å². The maximum Gasteiger partial charge on any atom is 0.185 e. The van der Waals surface area contributed by atoms with Crippen molar-refractivity contribution in [1.29, 1.82) is 0 Å². The van der Waals surface area contributed by atoms with Gasteiger partial charge in [0.05, 0.1) is 0 Å². The minimum atomic E-state index is 0.143. The van der Waals surface area contributed by atoms with Crippen molar-refractivity contribution < 1.29 is 9.90 Å². The summed E-state index contributed by atoms with van der Waals surface area (Å²) in [6.07, 6.45) is 6.58. The lowest BCUT2D eigenvalue weighted by atomic mass is 9.87. The molecule has 2 aromatic rings. The lowest BCUT2D eigenvalue weighted by molar-refractivity contribution is -0.112. The fourth-order valence-electron chi connectivity index (χ4n) is 2.81. The Morgan fingerprint density at radius 1 is 0.826 bits per heavy atom. The predicted octanol–water partition coefficient (Wildman–Crippen LogP) is 4.92. The van der Waals surface area contributed by atoms with Crippen molar-refractivity contribution in [2.24, 2.45) is 0 Å². The molecule has 116 valence electrons. The Morgan fingerprint density at radius 2 is 1.30 bits per heavy atom. The molecule has 3 rings (SSSR count). The smallest absolute Gasteiger partial charge is 0.185 e. The molecule has 2 nitrogen and oxygen atoms in total. The van der Waals surface area contributed by atoms with E-state index >= 15 is 0 Å². The lowest BCUT2D eigenvalue weighted by Gasteiger charge is -2.16. The number of carbonyl (C=O) groups excluding carboxylic acids is 1. The van der Waals surface area contributed by atoms with Crippen molar-refractivity contribution in [1.82, 2.24) is 0 Å². The Bertz CT molecular complexity index is 697. The molecule has 0 aromatic heterocycles. The van der Waals surface area contributed by atoms with Gasteiger partial charge in [-0.1, -0.05) is 42.0 Å². The Morgan fingerprint density at radius 3 is 1.83 bits per heavy atom. The van der Waals surface area contributed by atoms with Crippen LogP contribution in [0.25, 0.3) is 12.2 Å². The third-order valence-electron chi connectivity index (χ3n) is 4.13. The monoisotopic (exact) mass is 304 g/mol. The van der Waals surface area contributed by atoms with Crippen LogP contribution in [0.4, 0.5) is 0 Å². The molecule has 1 aliphatic rings. The van der Waals surface area contributed by atoms with E-state index in [-0.39, 0.29) is 11.5 Å². The number of benzene rings is 2. The number of phenolic OH excluding ortho intramolecular Hbond substituents is 1. The summed E-state index contributed by atoms with van der Waals surface area (Å²) in [7, 11) is 0. The number of rotatable bonds is 2.